The molecule has 0 saturated carbocycles. The standard InChI is InChI=1S/C44H67N3O4/c1-6-7-8-9-10-11-12-13-14-15-16-17-18-19-20-21-22-23-24-26-42(48)45-36-40(47-30-33-50-34-31-47)37-46-43(49)44(4,5)29-25-32-51-41-35-38(2)27-28-39(41)3/h7-8,10-11,13-14,16-17,19-20,22-23,27-28,35,40H,6,9,12,15,18,21,24-26,29-34,36-37H2,1-5H3,(H,45,48)(H,46,49). The van der Waals surface area contributed by atoms with Crippen LogP contribution in [0.15, 0.2) is 91.1 Å². The van der Waals surface area contributed by atoms with Gasteiger partial charge in [0.1, 0.15) is 5.75 Å². The van der Waals surface area contributed by atoms with E-state index in [1.54, 1.807) is 0 Å². The number of ether oxygens (including phenoxy) is 2. The Balaban J connectivity index is 1.64. The van der Waals surface area contributed by atoms with E-state index in [9.17, 15) is 9.59 Å². The molecule has 7 heteroatoms. The highest BCUT2D eigenvalue weighted by atomic mass is 16.5. The number of carbonyl (C=O) groups excluding carboxylic acids is 2. The third-order valence-electron chi connectivity index (χ3n) is 8.89. The molecule has 1 heterocycles. The van der Waals surface area contributed by atoms with Gasteiger partial charge in [-0.05, 0) is 88.8 Å². The summed E-state index contributed by atoms with van der Waals surface area (Å²) in [5, 5.41) is 6.30. The summed E-state index contributed by atoms with van der Waals surface area (Å²) in [6.45, 7) is 14.7. The Hall–Kier alpha value is -3.68. The number of rotatable bonds is 25. The van der Waals surface area contributed by atoms with Crippen LogP contribution in [-0.2, 0) is 14.3 Å². The average Bonchev–Trinajstić information content (AvgIpc) is 3.12. The first-order valence-electron chi connectivity index (χ1n) is 19.2. The number of benzene rings is 1. The maximum atomic E-state index is 13.2. The van der Waals surface area contributed by atoms with E-state index < -0.39 is 5.41 Å². The molecule has 0 aliphatic carbocycles. The number of hydrogen-bond acceptors (Lipinski definition) is 5. The number of nitrogens with zero attached hydrogens (tertiary/aromatic N) is 1. The number of nitrogens with one attached hydrogen (secondary N) is 2. The minimum atomic E-state index is -0.525. The lowest BCUT2D eigenvalue weighted by molar-refractivity contribution is -0.130. The number of morpholine rings is 1. The Kier molecular flexibility index (Phi) is 23.1. The lowest BCUT2D eigenvalue weighted by Gasteiger charge is -2.35. The molecule has 1 saturated heterocycles. The second-order valence-corrected chi connectivity index (χ2v) is 13.9. The maximum absolute atomic E-state index is 13.2. The first-order valence-corrected chi connectivity index (χ1v) is 19.2. The van der Waals surface area contributed by atoms with Crippen molar-refractivity contribution in [3.8, 4) is 5.75 Å². The smallest absolute Gasteiger partial charge is 0.225 e. The normalized spacial score (nSPS) is 15.3. The van der Waals surface area contributed by atoms with Gasteiger partial charge in [-0.3, -0.25) is 14.5 Å². The third kappa shape index (κ3) is 20.7. The number of carbonyl (C=O) groups is 2. The van der Waals surface area contributed by atoms with Crippen molar-refractivity contribution in [2.45, 2.75) is 105 Å². The van der Waals surface area contributed by atoms with Gasteiger partial charge in [-0.2, -0.15) is 0 Å². The Morgan fingerprint density at radius 1 is 0.824 bits per heavy atom. The monoisotopic (exact) mass is 702 g/mol. The van der Waals surface area contributed by atoms with Crippen molar-refractivity contribution in [1.82, 2.24) is 15.5 Å². The number of allylic oxidation sites excluding steroid dienone is 12. The van der Waals surface area contributed by atoms with E-state index in [-0.39, 0.29) is 17.9 Å². The van der Waals surface area contributed by atoms with Crippen molar-refractivity contribution in [2.75, 3.05) is 46.0 Å². The van der Waals surface area contributed by atoms with Gasteiger partial charge in [0, 0.05) is 44.1 Å². The fourth-order valence-electron chi connectivity index (χ4n) is 5.57. The Bertz CT molecular complexity index is 1300. The lowest BCUT2D eigenvalue weighted by atomic mass is 9.87. The molecule has 0 radical (unpaired) electrons. The van der Waals surface area contributed by atoms with Crippen LogP contribution >= 0.6 is 0 Å². The van der Waals surface area contributed by atoms with E-state index in [1.165, 1.54) is 5.56 Å². The van der Waals surface area contributed by atoms with Crippen molar-refractivity contribution in [2.24, 2.45) is 5.41 Å². The zero-order valence-electron chi connectivity index (χ0n) is 32.3. The highest BCUT2D eigenvalue weighted by Gasteiger charge is 2.29. The van der Waals surface area contributed by atoms with E-state index in [4.69, 9.17) is 9.47 Å². The molecule has 1 fully saturated rings. The molecule has 0 aromatic heterocycles. The van der Waals surface area contributed by atoms with Gasteiger partial charge >= 0.3 is 0 Å². The summed E-state index contributed by atoms with van der Waals surface area (Å²) >= 11 is 0. The molecule has 1 unspecified atom stereocenters. The number of hydrogen-bond donors (Lipinski definition) is 2. The van der Waals surface area contributed by atoms with Crippen LogP contribution in [-0.4, -0.2) is 68.8 Å². The van der Waals surface area contributed by atoms with Crippen molar-refractivity contribution in [1.29, 1.82) is 0 Å². The van der Waals surface area contributed by atoms with Crippen molar-refractivity contribution in [3.63, 3.8) is 0 Å². The molecular formula is C44H67N3O4. The van der Waals surface area contributed by atoms with E-state index in [0.717, 1.165) is 75.8 Å². The molecule has 2 N–H and O–H groups in total. The zero-order valence-corrected chi connectivity index (χ0v) is 32.3. The summed E-state index contributed by atoms with van der Waals surface area (Å²) in [5.41, 5.74) is 1.77. The predicted octanol–water partition coefficient (Wildman–Crippen LogP) is 8.90. The topological polar surface area (TPSA) is 79.9 Å². The van der Waals surface area contributed by atoms with E-state index in [1.807, 2.05) is 20.8 Å². The van der Waals surface area contributed by atoms with Gasteiger partial charge in [0.2, 0.25) is 11.8 Å². The summed E-state index contributed by atoms with van der Waals surface area (Å²) < 4.78 is 11.6. The Morgan fingerprint density at radius 3 is 1.96 bits per heavy atom. The predicted molar refractivity (Wildman–Crippen MR) is 214 cm³/mol. The van der Waals surface area contributed by atoms with Gasteiger partial charge in [-0.1, -0.05) is 106 Å². The molecule has 1 aliphatic heterocycles. The van der Waals surface area contributed by atoms with Gasteiger partial charge in [-0.25, -0.2) is 0 Å². The lowest BCUT2D eigenvalue weighted by Crippen LogP contribution is -2.54. The molecule has 0 spiro atoms. The Morgan fingerprint density at radius 2 is 1.37 bits per heavy atom. The molecule has 2 amide bonds. The molecule has 1 atom stereocenters. The van der Waals surface area contributed by atoms with Crippen molar-refractivity contribution < 1.29 is 19.1 Å². The van der Waals surface area contributed by atoms with Gasteiger partial charge in [0.15, 0.2) is 0 Å². The molecule has 1 aromatic carbocycles. The molecule has 1 aliphatic rings. The van der Waals surface area contributed by atoms with Crippen molar-refractivity contribution >= 4 is 11.8 Å². The zero-order chi connectivity index (χ0) is 37.0. The summed E-state index contributed by atoms with van der Waals surface area (Å²) in [6, 6.07) is 6.22. The molecular weight excluding hydrogens is 635 g/mol. The minimum absolute atomic E-state index is 0.0103. The second kappa shape index (κ2) is 27.0. The summed E-state index contributed by atoms with van der Waals surface area (Å²) in [4.78, 5) is 28.2. The summed E-state index contributed by atoms with van der Waals surface area (Å²) in [7, 11) is 0. The van der Waals surface area contributed by atoms with Crippen molar-refractivity contribution in [3.05, 3.63) is 102 Å². The molecule has 7 nitrogen and oxygen atoms in total. The molecule has 2 rings (SSSR count). The van der Waals surface area contributed by atoms with Crippen LogP contribution in [0.25, 0.3) is 0 Å². The highest BCUT2D eigenvalue weighted by molar-refractivity contribution is 5.81. The number of amides is 2. The SMILES string of the molecule is CCC=CCC=CCC=CCC=CCC=CCC=CCCC(=O)NCC(CNC(=O)C(C)(C)CCCOc1cc(C)ccc1C)N1CCOCC1. The van der Waals surface area contributed by atoms with Crippen LogP contribution in [0.3, 0.4) is 0 Å². The van der Waals surface area contributed by atoms with E-state index in [2.05, 4.69) is 120 Å². The van der Waals surface area contributed by atoms with Crippen LogP contribution in [0.5, 0.6) is 5.75 Å². The summed E-state index contributed by atoms with van der Waals surface area (Å²) in [5.74, 6) is 0.963. The molecule has 1 aromatic rings. The fourth-order valence-corrected chi connectivity index (χ4v) is 5.57. The third-order valence-corrected chi connectivity index (χ3v) is 8.89. The minimum Gasteiger partial charge on any atom is -0.493 e. The van der Waals surface area contributed by atoms with Crippen LogP contribution in [0.4, 0.5) is 0 Å². The van der Waals surface area contributed by atoms with Crippen LogP contribution < -0.4 is 15.4 Å². The largest absolute Gasteiger partial charge is 0.493 e. The highest BCUT2D eigenvalue weighted by Crippen LogP contribution is 2.24. The van der Waals surface area contributed by atoms with Crippen LogP contribution in [0.1, 0.15) is 96.1 Å². The quantitative estimate of drug-likeness (QED) is 0.0787. The second-order valence-electron chi connectivity index (χ2n) is 13.9. The molecule has 282 valence electrons. The van der Waals surface area contributed by atoms with E-state index >= 15 is 0 Å². The first kappa shape index (κ1) is 43.5. The molecule has 51 heavy (non-hydrogen) atoms. The van der Waals surface area contributed by atoms with Gasteiger partial charge in [0.05, 0.1) is 19.8 Å². The van der Waals surface area contributed by atoms with E-state index in [0.29, 0.717) is 45.8 Å². The first-order chi connectivity index (χ1) is 24.7. The van der Waals surface area contributed by atoms with Crippen LogP contribution in [0.2, 0.25) is 0 Å². The van der Waals surface area contributed by atoms with Crippen LogP contribution in [0, 0.1) is 19.3 Å². The Labute approximate surface area is 310 Å². The van der Waals surface area contributed by atoms with Gasteiger partial charge in [0.25, 0.3) is 0 Å². The maximum Gasteiger partial charge on any atom is 0.225 e. The summed E-state index contributed by atoms with van der Waals surface area (Å²) in [6.07, 6.45) is 34.7. The van der Waals surface area contributed by atoms with Gasteiger partial charge in [-0.15, -0.1) is 0 Å². The molecule has 0 bridgehead atoms. The number of aryl methyl sites for hydroxylation is 2. The average molecular weight is 702 g/mol. The fraction of sp³-hybridized carbons (Fsp3) is 0.545. The van der Waals surface area contributed by atoms with Gasteiger partial charge < -0.3 is 20.1 Å².